The first-order valence-electron chi connectivity index (χ1n) is 4.02. The lowest BCUT2D eigenvalue weighted by Gasteiger charge is -1.99. The van der Waals surface area contributed by atoms with E-state index in [-0.39, 0.29) is 6.54 Å². The number of aromatic nitrogens is 3. The molecule has 4 N–H and O–H groups in total. The summed E-state index contributed by atoms with van der Waals surface area (Å²) in [5.74, 6) is -0.447. The van der Waals surface area contributed by atoms with Crippen molar-refractivity contribution in [1.29, 1.82) is 0 Å². The monoisotopic (exact) mass is 191 g/mol. The Bertz CT molecular complexity index is 489. The molecule has 0 spiro atoms. The lowest BCUT2D eigenvalue weighted by molar-refractivity contribution is -0.118. The molecule has 0 bridgehead atoms. The first-order valence-corrected chi connectivity index (χ1v) is 4.02. The molecule has 6 heteroatoms. The maximum Gasteiger partial charge on any atom is 0.239 e. The van der Waals surface area contributed by atoms with Crippen molar-refractivity contribution in [3.05, 3.63) is 18.5 Å². The van der Waals surface area contributed by atoms with Crippen LogP contribution in [0.15, 0.2) is 18.5 Å². The molecule has 2 heterocycles. The van der Waals surface area contributed by atoms with Crippen molar-refractivity contribution >= 4 is 22.6 Å². The van der Waals surface area contributed by atoms with Crippen LogP contribution in [-0.2, 0) is 11.3 Å². The molecule has 14 heavy (non-hydrogen) atoms. The van der Waals surface area contributed by atoms with Gasteiger partial charge in [-0.05, 0) is 6.07 Å². The summed E-state index contributed by atoms with van der Waals surface area (Å²) >= 11 is 0. The van der Waals surface area contributed by atoms with E-state index >= 15 is 0 Å². The molecule has 0 aliphatic carbocycles. The highest BCUT2D eigenvalue weighted by Gasteiger charge is 2.05. The SMILES string of the molecule is NC(=O)Cn1ncc2ncc(N)cc21. The third kappa shape index (κ3) is 1.37. The molecule has 1 amide bonds. The summed E-state index contributed by atoms with van der Waals surface area (Å²) in [7, 11) is 0. The number of anilines is 1. The standard InChI is InChI=1S/C8H9N5O/c9-5-1-7-6(11-2-5)3-12-13(7)4-8(10)14/h1-3H,4,9H2,(H2,10,14). The Hall–Kier alpha value is -2.11. The maximum atomic E-state index is 10.7. The molecular weight excluding hydrogens is 182 g/mol. The highest BCUT2D eigenvalue weighted by atomic mass is 16.1. The first-order chi connectivity index (χ1) is 6.66. The minimum atomic E-state index is -0.447. The van der Waals surface area contributed by atoms with Crippen LogP contribution in [0, 0.1) is 0 Å². The van der Waals surface area contributed by atoms with Gasteiger partial charge in [-0.1, -0.05) is 0 Å². The van der Waals surface area contributed by atoms with Crippen molar-refractivity contribution in [2.75, 3.05) is 5.73 Å². The van der Waals surface area contributed by atoms with Gasteiger partial charge < -0.3 is 11.5 Å². The quantitative estimate of drug-likeness (QED) is 0.668. The van der Waals surface area contributed by atoms with Crippen LogP contribution in [0.3, 0.4) is 0 Å². The summed E-state index contributed by atoms with van der Waals surface area (Å²) in [5.41, 5.74) is 12.6. The third-order valence-electron chi connectivity index (χ3n) is 1.82. The van der Waals surface area contributed by atoms with Crippen LogP contribution in [0.25, 0.3) is 11.0 Å². The van der Waals surface area contributed by atoms with Gasteiger partial charge in [0, 0.05) is 0 Å². The fourth-order valence-electron chi connectivity index (χ4n) is 1.25. The normalized spacial score (nSPS) is 10.6. The lowest BCUT2D eigenvalue weighted by atomic mass is 10.3. The summed E-state index contributed by atoms with van der Waals surface area (Å²) in [6.07, 6.45) is 3.11. The van der Waals surface area contributed by atoms with Gasteiger partial charge in [0.05, 0.1) is 23.6 Å². The Morgan fingerprint density at radius 2 is 2.29 bits per heavy atom. The molecule has 0 saturated carbocycles. The number of amides is 1. The minimum Gasteiger partial charge on any atom is -0.397 e. The van der Waals surface area contributed by atoms with Crippen molar-refractivity contribution in [2.24, 2.45) is 5.73 Å². The van der Waals surface area contributed by atoms with Gasteiger partial charge in [-0.25, -0.2) is 0 Å². The average Bonchev–Trinajstić information content (AvgIpc) is 2.47. The van der Waals surface area contributed by atoms with Crippen molar-refractivity contribution in [1.82, 2.24) is 14.8 Å². The fraction of sp³-hybridized carbons (Fsp3) is 0.125. The second-order valence-electron chi connectivity index (χ2n) is 2.94. The smallest absolute Gasteiger partial charge is 0.239 e. The second-order valence-corrected chi connectivity index (χ2v) is 2.94. The van der Waals surface area contributed by atoms with E-state index in [1.54, 1.807) is 18.5 Å². The van der Waals surface area contributed by atoms with Crippen molar-refractivity contribution in [3.8, 4) is 0 Å². The number of pyridine rings is 1. The van der Waals surface area contributed by atoms with Gasteiger partial charge in [-0.15, -0.1) is 0 Å². The van der Waals surface area contributed by atoms with Crippen LogP contribution >= 0.6 is 0 Å². The number of rotatable bonds is 2. The Kier molecular flexibility index (Phi) is 1.81. The van der Waals surface area contributed by atoms with Gasteiger partial charge in [0.15, 0.2) is 0 Å². The van der Waals surface area contributed by atoms with Gasteiger partial charge in [0.25, 0.3) is 0 Å². The Morgan fingerprint density at radius 1 is 1.50 bits per heavy atom. The van der Waals surface area contributed by atoms with E-state index < -0.39 is 5.91 Å². The number of nitrogen functional groups attached to an aromatic ring is 1. The zero-order valence-corrected chi connectivity index (χ0v) is 7.34. The number of nitrogens with two attached hydrogens (primary N) is 2. The molecule has 2 aromatic heterocycles. The fourth-order valence-corrected chi connectivity index (χ4v) is 1.25. The Balaban J connectivity index is 2.55. The predicted octanol–water partition coefficient (Wildman–Crippen LogP) is -0.501. The molecule has 0 radical (unpaired) electrons. The van der Waals surface area contributed by atoms with E-state index in [0.29, 0.717) is 16.7 Å². The van der Waals surface area contributed by atoms with Crippen LogP contribution in [0.4, 0.5) is 5.69 Å². The van der Waals surface area contributed by atoms with Gasteiger partial charge in [0.1, 0.15) is 12.1 Å². The molecular formula is C8H9N5O. The van der Waals surface area contributed by atoms with Crippen molar-refractivity contribution in [2.45, 2.75) is 6.54 Å². The molecule has 0 aliphatic heterocycles. The summed E-state index contributed by atoms with van der Waals surface area (Å²) < 4.78 is 1.47. The number of hydrogen-bond acceptors (Lipinski definition) is 4. The van der Waals surface area contributed by atoms with E-state index in [1.165, 1.54) is 4.68 Å². The number of primary amides is 1. The highest BCUT2D eigenvalue weighted by Crippen LogP contribution is 2.13. The second kappa shape index (κ2) is 2.99. The molecule has 0 saturated heterocycles. The number of carbonyl (C=O) groups is 1. The minimum absolute atomic E-state index is 0.0363. The van der Waals surface area contributed by atoms with Crippen molar-refractivity contribution in [3.63, 3.8) is 0 Å². The number of hydrogen-bond donors (Lipinski definition) is 2. The van der Waals surface area contributed by atoms with E-state index in [4.69, 9.17) is 11.5 Å². The van der Waals surface area contributed by atoms with E-state index in [1.807, 2.05) is 0 Å². The molecule has 2 rings (SSSR count). The van der Waals surface area contributed by atoms with Crippen LogP contribution in [-0.4, -0.2) is 20.7 Å². The zero-order chi connectivity index (χ0) is 10.1. The third-order valence-corrected chi connectivity index (χ3v) is 1.82. The average molecular weight is 191 g/mol. The lowest BCUT2D eigenvalue weighted by Crippen LogP contribution is -2.19. The summed E-state index contributed by atoms with van der Waals surface area (Å²) in [6, 6.07) is 1.71. The van der Waals surface area contributed by atoms with Crippen LogP contribution in [0.1, 0.15) is 0 Å². The van der Waals surface area contributed by atoms with Crippen LogP contribution < -0.4 is 11.5 Å². The predicted molar refractivity (Wildman–Crippen MR) is 51.1 cm³/mol. The van der Waals surface area contributed by atoms with Gasteiger partial charge in [-0.2, -0.15) is 5.10 Å². The number of carbonyl (C=O) groups excluding carboxylic acids is 1. The summed E-state index contributed by atoms with van der Waals surface area (Å²) in [5, 5.41) is 3.97. The molecule has 72 valence electrons. The highest BCUT2D eigenvalue weighted by molar-refractivity contribution is 5.80. The molecule has 0 aliphatic rings. The molecule has 0 unspecified atom stereocenters. The number of nitrogens with zero attached hydrogens (tertiary/aromatic N) is 3. The zero-order valence-electron chi connectivity index (χ0n) is 7.34. The molecule has 0 fully saturated rings. The molecule has 2 aromatic rings. The molecule has 0 aromatic carbocycles. The number of fused-ring (bicyclic) bond motifs is 1. The van der Waals surface area contributed by atoms with Crippen LogP contribution in [0.5, 0.6) is 0 Å². The Labute approximate surface area is 79.5 Å². The van der Waals surface area contributed by atoms with Gasteiger partial charge >= 0.3 is 0 Å². The van der Waals surface area contributed by atoms with E-state index in [0.717, 1.165) is 0 Å². The maximum absolute atomic E-state index is 10.7. The Morgan fingerprint density at radius 3 is 3.00 bits per heavy atom. The van der Waals surface area contributed by atoms with Crippen LogP contribution in [0.2, 0.25) is 0 Å². The topological polar surface area (TPSA) is 99.8 Å². The van der Waals surface area contributed by atoms with Gasteiger partial charge in [0.2, 0.25) is 5.91 Å². The van der Waals surface area contributed by atoms with Gasteiger partial charge in [-0.3, -0.25) is 14.5 Å². The largest absolute Gasteiger partial charge is 0.397 e. The van der Waals surface area contributed by atoms with E-state index in [2.05, 4.69) is 10.1 Å². The summed E-state index contributed by atoms with van der Waals surface area (Å²) in [6.45, 7) is 0.0363. The molecule has 0 atom stereocenters. The van der Waals surface area contributed by atoms with E-state index in [9.17, 15) is 4.79 Å². The first kappa shape index (κ1) is 8.49. The van der Waals surface area contributed by atoms with Crippen molar-refractivity contribution < 1.29 is 4.79 Å². The summed E-state index contributed by atoms with van der Waals surface area (Å²) in [4.78, 5) is 14.8. The molecule has 6 nitrogen and oxygen atoms in total.